The lowest BCUT2D eigenvalue weighted by molar-refractivity contribution is -0.0709. The minimum absolute atomic E-state index is 0.0262. The number of rotatable bonds is 14. The second-order valence-corrected chi connectivity index (χ2v) is 43.7. The summed E-state index contributed by atoms with van der Waals surface area (Å²) >= 11 is 0. The predicted octanol–water partition coefficient (Wildman–Crippen LogP) is 26.1. The number of benzene rings is 7. The Labute approximate surface area is 904 Å². The molecule has 7 heterocycles. The highest BCUT2D eigenvalue weighted by Gasteiger charge is 2.35. The van der Waals surface area contributed by atoms with Gasteiger partial charge in [-0.2, -0.15) is 0 Å². The molecule has 0 amide bonds. The van der Waals surface area contributed by atoms with Crippen LogP contribution in [-0.4, -0.2) is 211 Å². The van der Waals surface area contributed by atoms with Crippen molar-refractivity contribution in [2.75, 3.05) is 91.3 Å². The van der Waals surface area contributed by atoms with Gasteiger partial charge in [0, 0.05) is 210 Å². The molecule has 7 aromatic rings. The van der Waals surface area contributed by atoms with Gasteiger partial charge in [-0.05, 0) is 185 Å². The van der Waals surface area contributed by atoms with Gasteiger partial charge in [0.25, 0.3) is 0 Å². The Kier molecular flexibility index (Phi) is 25.4. The van der Waals surface area contributed by atoms with E-state index in [4.69, 9.17) is 93.5 Å². The average Bonchev–Trinajstić information content (AvgIpc) is 0.672. The highest BCUT2D eigenvalue weighted by molar-refractivity contribution is 5.37. The van der Waals surface area contributed by atoms with Crippen LogP contribution in [0.4, 0.5) is 30.7 Å². The Morgan fingerprint density at radius 2 is 0.529 bits per heavy atom. The normalized spacial score (nSPS) is 35.5. The Hall–Kier alpha value is -6.51. The van der Waals surface area contributed by atoms with Crippen LogP contribution < -0.4 is 0 Å². The minimum atomic E-state index is -3.85. The third-order valence-corrected chi connectivity index (χ3v) is 22.3. The summed E-state index contributed by atoms with van der Waals surface area (Å²) in [5, 5.41) is 0. The van der Waals surface area contributed by atoms with Crippen molar-refractivity contribution in [2.24, 2.45) is 0 Å². The summed E-state index contributed by atoms with van der Waals surface area (Å²) in [4.78, 5) is 7.31. The zero-order valence-corrected chi connectivity index (χ0v) is 88.0. The highest BCUT2D eigenvalue weighted by Crippen LogP contribution is 2.37. The molecule has 140 heavy (non-hydrogen) atoms. The first-order chi connectivity index (χ1) is 82.0. The molecule has 7 aliphatic heterocycles. The van der Waals surface area contributed by atoms with E-state index in [0.29, 0.717) is 61.2 Å². The van der Waals surface area contributed by atoms with Gasteiger partial charge in [-0.1, -0.05) is 267 Å². The SMILES string of the molecule is CC1CN(Cc2cccc(C(C)(C)C)c2F)CC(C)O1.[2H]C([2H])([2H])C1([2H])OC([2H])(C)C([2H])([2H])N(Cc2cccc(C(C)(C)C)c2F)C1([2H])[2H].[2H]C([2H])(c1ccc(C(C)(C)C)c(F)c1)N1CC(C)OC(C)C1.[2H]C([2H])(c1cccc(C(C)(C)C)c1F)N1C([2H])([2H])C([2H])(C)OC([2H])(C([2H])([2H])[2H])C1([2H])[2H].[2H]c1c([2H])c(C(C)(C)C)c(F)c(C([2H])([2H])N2C([2H])([2H])C([2H])(C)OC([2H])(C([2H])([2H])[2H])C2([2H])[2H])c1[2H].[2H]c1c([2H])c(C(C)(C)C)c(F)c(C([2H])([2H])N2CC(C)OC(C)C2)c1[2H].[2H]c1c([2H])c(CN2CC(C)OC(C)C2)c(F)c(C(C)(C)C)c1[2H]. The van der Waals surface area contributed by atoms with Crippen molar-refractivity contribution in [3.63, 3.8) is 0 Å². The molecule has 0 radical (unpaired) electrons. The summed E-state index contributed by atoms with van der Waals surface area (Å²) in [6.07, 6.45) is -19.0. The maximum atomic E-state index is 15.8. The first kappa shape index (κ1) is 68.8. The Balaban J connectivity index is 0.000000259. The van der Waals surface area contributed by atoms with Crippen molar-refractivity contribution in [3.05, 3.63) is 246 Å². The second kappa shape index (κ2) is 51.7. The largest absolute Gasteiger partial charge is 0.373 e. The molecule has 0 N–H and O–H groups in total. The van der Waals surface area contributed by atoms with Gasteiger partial charge in [-0.25, -0.2) is 30.7 Å². The molecule has 14 rings (SSSR count). The first-order valence-corrected chi connectivity index (χ1v) is 47.6. The fourth-order valence-electron chi connectivity index (χ4n) is 16.3. The highest BCUT2D eigenvalue weighted by atomic mass is 19.2. The Morgan fingerprint density at radius 1 is 0.279 bits per heavy atom. The van der Waals surface area contributed by atoms with E-state index in [2.05, 4.69) is 23.6 Å². The van der Waals surface area contributed by atoms with Crippen molar-refractivity contribution < 1.29 is 124 Å². The van der Waals surface area contributed by atoms with Gasteiger partial charge in [0.1, 0.15) is 40.7 Å². The molecule has 21 heteroatoms. The summed E-state index contributed by atoms with van der Waals surface area (Å²) < 4.78 is 501. The van der Waals surface area contributed by atoms with Crippen LogP contribution in [0.3, 0.4) is 0 Å². The average molecular weight is 2000 g/mol. The minimum Gasteiger partial charge on any atom is -0.373 e. The molecule has 7 saturated heterocycles. The third-order valence-electron chi connectivity index (χ3n) is 22.3. The van der Waals surface area contributed by atoms with Gasteiger partial charge >= 0.3 is 0 Å². The summed E-state index contributed by atoms with van der Waals surface area (Å²) in [6.45, 7) is 18.2. The van der Waals surface area contributed by atoms with Crippen molar-refractivity contribution in [3.8, 4) is 0 Å². The smallest absolute Gasteiger partial charge is 0.131 e. The van der Waals surface area contributed by atoms with Gasteiger partial charge in [-0.15, -0.1) is 0 Å². The van der Waals surface area contributed by atoms with Gasteiger partial charge in [0.15, 0.2) is 0 Å². The number of nitrogens with zero attached hydrogens (tertiary/aromatic N) is 7. The molecule has 14 unspecified atom stereocenters. The van der Waals surface area contributed by atoms with E-state index < -0.39 is 242 Å². The molecule has 0 aliphatic carbocycles. The van der Waals surface area contributed by atoms with E-state index in [0.717, 1.165) is 44.1 Å². The lowest BCUT2D eigenvalue weighted by Gasteiger charge is -2.35. The summed E-state index contributed by atoms with van der Waals surface area (Å²) in [5.74, 6) is -5.04. The number of ether oxygens (including phenoxy) is 7. The molecule has 0 saturated carbocycles. The molecule has 14 nitrogen and oxygen atoms in total. The van der Waals surface area contributed by atoms with Crippen LogP contribution in [0.5, 0.6) is 0 Å². The van der Waals surface area contributed by atoms with E-state index in [1.54, 1.807) is 91.5 Å². The maximum Gasteiger partial charge on any atom is 0.131 e. The topological polar surface area (TPSA) is 87.3 Å². The predicted molar refractivity (Wildman–Crippen MR) is 563 cm³/mol. The summed E-state index contributed by atoms with van der Waals surface area (Å²) in [5.41, 5.74) is -4.09. The molecule has 0 bridgehead atoms. The third kappa shape index (κ3) is 37.5. The zero-order valence-electron chi connectivity index (χ0n) is 132. The molecule has 7 aliphatic rings. The number of halogens is 7. The van der Waals surface area contributed by atoms with Crippen LogP contribution in [0.15, 0.2) is 127 Å². The van der Waals surface area contributed by atoms with Gasteiger partial charge < -0.3 is 33.2 Å². The van der Waals surface area contributed by atoms with E-state index in [1.807, 2.05) is 122 Å². The van der Waals surface area contributed by atoms with Gasteiger partial charge in [-0.3, -0.25) is 34.3 Å². The van der Waals surface area contributed by atoms with Crippen LogP contribution >= 0.6 is 0 Å². The lowest BCUT2D eigenvalue weighted by atomic mass is 9.85. The quantitative estimate of drug-likeness (QED) is 0.0968. The number of morpholine rings is 7. The summed E-state index contributed by atoms with van der Waals surface area (Å²) in [7, 11) is 0. The van der Waals surface area contributed by atoms with Gasteiger partial charge in [0.05, 0.1) is 106 Å². The molecule has 0 aromatic heterocycles. The van der Waals surface area contributed by atoms with Crippen molar-refractivity contribution in [1.82, 2.24) is 34.3 Å². The second-order valence-electron chi connectivity index (χ2n) is 43.7. The van der Waals surface area contributed by atoms with Crippen LogP contribution in [0.2, 0.25) is 0 Å². The molecule has 7 fully saturated rings. The molecular formula is C119H182F7N7O7. The van der Waals surface area contributed by atoms with Crippen molar-refractivity contribution >= 4 is 0 Å². The zero-order chi connectivity index (χ0) is 143. The molecule has 784 valence electrons. The van der Waals surface area contributed by atoms with Crippen LogP contribution in [0.1, 0.15) is 380 Å². The van der Waals surface area contributed by atoms with E-state index in [1.165, 1.54) is 49.9 Å². The standard InChI is InChI=1S/7C17H26FNO/c1-12-9-19(10-13(2)20-12)11-14-6-7-15(16(18)8-14)17(3,4)5;6*1-12-9-19(10-13(2)20-12)11-14-7-6-8-15(16(14)18)17(3,4)5/h7*6-8,12-13H,9-11H2,1-5H3/i11D2;1D3,6D,7D,8D,9D2,10D2,11D2,12D,13D;1D3,9D2,10D2,11D2,12D,13D;1D3,9D2,10D2,12D,13D;6D,7D,8D,11D2;6D,7D,8D;. The number of hydrogen-bond donors (Lipinski definition) is 0. The molecule has 14 atom stereocenters. The first-order valence-electron chi connectivity index (χ1n) is 69.6. The number of hydrogen-bond acceptors (Lipinski definition) is 14. The van der Waals surface area contributed by atoms with Crippen LogP contribution in [0, 0.1) is 40.7 Å². The fourth-order valence-corrected chi connectivity index (χ4v) is 16.3. The Bertz CT molecular complexity index is 7240. The van der Waals surface area contributed by atoms with Crippen molar-refractivity contribution in [1.29, 1.82) is 0 Å². The van der Waals surface area contributed by atoms with Crippen LogP contribution in [-0.2, 0) is 117 Å². The van der Waals surface area contributed by atoms with E-state index in [-0.39, 0.29) is 148 Å². The molecule has 7 aromatic carbocycles. The van der Waals surface area contributed by atoms with Gasteiger partial charge in [0.2, 0.25) is 0 Å². The molecule has 0 spiro atoms. The summed E-state index contributed by atoms with van der Waals surface area (Å²) in [6, 6.07) is 14.0. The van der Waals surface area contributed by atoms with E-state index in [9.17, 15) is 8.78 Å². The fraction of sp³-hybridized carbons (Fsp3) is 0.647. The van der Waals surface area contributed by atoms with Crippen LogP contribution in [0.25, 0.3) is 0 Å². The lowest BCUT2D eigenvalue weighted by Crippen LogP contribution is -2.45. The molecular weight excluding hydrogens is 1770 g/mol. The van der Waals surface area contributed by atoms with Crippen molar-refractivity contribution in [2.45, 2.75) is 411 Å². The maximum absolute atomic E-state index is 15.8. The Morgan fingerprint density at radius 3 is 0.857 bits per heavy atom. The monoisotopic (exact) mass is 2000 g/mol. The van der Waals surface area contributed by atoms with E-state index >= 15 is 22.0 Å².